The highest BCUT2D eigenvalue weighted by molar-refractivity contribution is 7.92. The lowest BCUT2D eigenvalue weighted by Gasteiger charge is -2.13. The summed E-state index contributed by atoms with van der Waals surface area (Å²) in [6.45, 7) is 2.62. The van der Waals surface area contributed by atoms with Crippen molar-refractivity contribution >= 4 is 44.8 Å². The van der Waals surface area contributed by atoms with Crippen LogP contribution in [0.15, 0.2) is 71.6 Å². The average molecular weight is 479 g/mol. The van der Waals surface area contributed by atoms with Crippen LogP contribution in [0.25, 0.3) is 0 Å². The molecule has 9 heteroatoms. The van der Waals surface area contributed by atoms with E-state index in [1.54, 1.807) is 24.3 Å². The van der Waals surface area contributed by atoms with Gasteiger partial charge in [0.15, 0.2) is 0 Å². The van der Waals surface area contributed by atoms with E-state index in [1.807, 2.05) is 37.3 Å². The number of nitrogens with one attached hydrogen (secondary N) is 2. The first-order chi connectivity index (χ1) is 14.8. The van der Waals surface area contributed by atoms with Crippen LogP contribution in [-0.2, 0) is 16.6 Å². The Balaban J connectivity index is 1.82. The van der Waals surface area contributed by atoms with Crippen molar-refractivity contribution in [3.63, 3.8) is 0 Å². The van der Waals surface area contributed by atoms with Gasteiger partial charge in [-0.1, -0.05) is 53.5 Å². The van der Waals surface area contributed by atoms with E-state index in [-0.39, 0.29) is 27.0 Å². The van der Waals surface area contributed by atoms with Crippen LogP contribution in [0.1, 0.15) is 22.8 Å². The standard InChI is InChI=1S/C22H20Cl2N2O4S/c1-2-30-17-10-8-16(9-11-17)26-31(28,29)21-12-18(19(23)13-20(21)24)22(27)25-14-15-6-4-3-5-7-15/h3-13,26H,2,14H2,1H3,(H,25,27). The maximum atomic E-state index is 12.9. The Labute approximate surface area is 191 Å². The van der Waals surface area contributed by atoms with Crippen LogP contribution in [0.2, 0.25) is 10.0 Å². The number of halogens is 2. The van der Waals surface area contributed by atoms with Crippen molar-refractivity contribution in [1.82, 2.24) is 5.32 Å². The first-order valence-corrected chi connectivity index (χ1v) is 11.6. The molecule has 0 unspecified atom stereocenters. The van der Waals surface area contributed by atoms with E-state index in [1.165, 1.54) is 12.1 Å². The summed E-state index contributed by atoms with van der Waals surface area (Å²) in [4.78, 5) is 12.4. The summed E-state index contributed by atoms with van der Waals surface area (Å²) in [6.07, 6.45) is 0. The minimum absolute atomic E-state index is 0.00839. The predicted molar refractivity (Wildman–Crippen MR) is 122 cm³/mol. The quantitative estimate of drug-likeness (QED) is 0.470. The molecule has 0 radical (unpaired) electrons. The van der Waals surface area contributed by atoms with Gasteiger partial charge < -0.3 is 10.1 Å². The van der Waals surface area contributed by atoms with Gasteiger partial charge in [0.25, 0.3) is 15.9 Å². The zero-order chi connectivity index (χ0) is 22.4. The maximum absolute atomic E-state index is 12.9. The predicted octanol–water partition coefficient (Wildman–Crippen LogP) is 5.12. The van der Waals surface area contributed by atoms with E-state index in [0.717, 1.165) is 5.56 Å². The van der Waals surface area contributed by atoms with Crippen molar-refractivity contribution < 1.29 is 17.9 Å². The van der Waals surface area contributed by atoms with Gasteiger partial charge in [-0.2, -0.15) is 0 Å². The third kappa shape index (κ3) is 5.91. The molecule has 6 nitrogen and oxygen atoms in total. The van der Waals surface area contributed by atoms with E-state index >= 15 is 0 Å². The van der Waals surface area contributed by atoms with Crippen molar-refractivity contribution in [2.75, 3.05) is 11.3 Å². The largest absolute Gasteiger partial charge is 0.494 e. The minimum Gasteiger partial charge on any atom is -0.494 e. The lowest BCUT2D eigenvalue weighted by atomic mass is 10.2. The second-order valence-corrected chi connectivity index (χ2v) is 8.96. The van der Waals surface area contributed by atoms with Crippen LogP contribution in [0.5, 0.6) is 5.75 Å². The minimum atomic E-state index is -4.07. The zero-order valence-electron chi connectivity index (χ0n) is 16.6. The van der Waals surface area contributed by atoms with Crippen LogP contribution in [0.4, 0.5) is 5.69 Å². The highest BCUT2D eigenvalue weighted by atomic mass is 35.5. The maximum Gasteiger partial charge on any atom is 0.263 e. The van der Waals surface area contributed by atoms with Crippen LogP contribution >= 0.6 is 23.2 Å². The second kappa shape index (κ2) is 10.0. The topological polar surface area (TPSA) is 84.5 Å². The fraction of sp³-hybridized carbons (Fsp3) is 0.136. The van der Waals surface area contributed by atoms with Crippen molar-refractivity contribution in [2.24, 2.45) is 0 Å². The summed E-state index contributed by atoms with van der Waals surface area (Å²) >= 11 is 12.3. The normalized spacial score (nSPS) is 11.1. The number of benzene rings is 3. The van der Waals surface area contributed by atoms with Gasteiger partial charge in [0.2, 0.25) is 0 Å². The van der Waals surface area contributed by atoms with Gasteiger partial charge in [0.05, 0.1) is 22.2 Å². The molecule has 0 heterocycles. The molecule has 0 saturated carbocycles. The molecule has 0 aromatic heterocycles. The Morgan fingerprint density at radius 3 is 2.29 bits per heavy atom. The highest BCUT2D eigenvalue weighted by Gasteiger charge is 2.23. The first-order valence-electron chi connectivity index (χ1n) is 9.37. The van der Waals surface area contributed by atoms with E-state index in [4.69, 9.17) is 27.9 Å². The van der Waals surface area contributed by atoms with Gasteiger partial charge in [0, 0.05) is 12.2 Å². The summed E-state index contributed by atoms with van der Waals surface area (Å²) in [7, 11) is -4.07. The molecule has 3 aromatic carbocycles. The summed E-state index contributed by atoms with van der Waals surface area (Å²) < 4.78 is 33.6. The number of sulfonamides is 1. The Hall–Kier alpha value is -2.74. The molecule has 31 heavy (non-hydrogen) atoms. The van der Waals surface area contributed by atoms with Gasteiger partial charge in [-0.25, -0.2) is 8.42 Å². The van der Waals surface area contributed by atoms with Gasteiger partial charge in [-0.05, 0) is 48.9 Å². The van der Waals surface area contributed by atoms with Gasteiger partial charge in [-0.15, -0.1) is 0 Å². The molecule has 0 spiro atoms. The van der Waals surface area contributed by atoms with E-state index in [0.29, 0.717) is 18.0 Å². The summed E-state index contributed by atoms with van der Waals surface area (Å²) in [5.41, 5.74) is 1.23. The first kappa shape index (κ1) is 22.9. The van der Waals surface area contributed by atoms with Crippen LogP contribution < -0.4 is 14.8 Å². The number of hydrogen-bond acceptors (Lipinski definition) is 4. The molecule has 0 fully saturated rings. The molecule has 162 valence electrons. The fourth-order valence-electron chi connectivity index (χ4n) is 2.78. The Morgan fingerprint density at radius 2 is 1.65 bits per heavy atom. The van der Waals surface area contributed by atoms with Crippen LogP contribution in [-0.4, -0.2) is 20.9 Å². The lowest BCUT2D eigenvalue weighted by molar-refractivity contribution is 0.0951. The van der Waals surface area contributed by atoms with Crippen molar-refractivity contribution in [2.45, 2.75) is 18.4 Å². The molecular weight excluding hydrogens is 459 g/mol. The summed E-state index contributed by atoms with van der Waals surface area (Å²) in [5.74, 6) is 0.107. The molecule has 1 amide bonds. The van der Waals surface area contributed by atoms with E-state index in [2.05, 4.69) is 10.0 Å². The van der Waals surface area contributed by atoms with Gasteiger partial charge in [0.1, 0.15) is 10.6 Å². The smallest absolute Gasteiger partial charge is 0.263 e. The molecule has 0 aliphatic heterocycles. The Morgan fingerprint density at radius 1 is 0.968 bits per heavy atom. The number of carbonyl (C=O) groups is 1. The summed E-state index contributed by atoms with van der Waals surface area (Å²) in [5, 5.41) is 2.68. The number of carbonyl (C=O) groups excluding carboxylic acids is 1. The zero-order valence-corrected chi connectivity index (χ0v) is 18.9. The molecule has 0 atom stereocenters. The van der Waals surface area contributed by atoms with E-state index < -0.39 is 15.9 Å². The Bertz CT molecular complexity index is 1170. The van der Waals surface area contributed by atoms with Crippen molar-refractivity contribution in [3.05, 3.63) is 87.9 Å². The number of rotatable bonds is 8. The van der Waals surface area contributed by atoms with Crippen LogP contribution in [0, 0.1) is 0 Å². The number of hydrogen-bond donors (Lipinski definition) is 2. The van der Waals surface area contributed by atoms with E-state index in [9.17, 15) is 13.2 Å². The van der Waals surface area contributed by atoms with Gasteiger partial charge in [-0.3, -0.25) is 9.52 Å². The molecule has 0 aliphatic rings. The number of anilines is 1. The molecule has 2 N–H and O–H groups in total. The molecule has 0 aliphatic carbocycles. The lowest BCUT2D eigenvalue weighted by Crippen LogP contribution is -2.24. The molecule has 0 saturated heterocycles. The molecule has 3 rings (SSSR count). The fourth-order valence-corrected chi connectivity index (χ4v) is 4.70. The SMILES string of the molecule is CCOc1ccc(NS(=O)(=O)c2cc(C(=O)NCc3ccccc3)c(Cl)cc2Cl)cc1. The highest BCUT2D eigenvalue weighted by Crippen LogP contribution is 2.30. The van der Waals surface area contributed by atoms with Gasteiger partial charge >= 0.3 is 0 Å². The average Bonchev–Trinajstić information content (AvgIpc) is 2.74. The second-order valence-electron chi connectivity index (χ2n) is 6.49. The molecular formula is C22H20Cl2N2O4S. The van der Waals surface area contributed by atoms with Crippen molar-refractivity contribution in [3.8, 4) is 5.75 Å². The number of ether oxygens (including phenoxy) is 1. The molecule has 0 bridgehead atoms. The van der Waals surface area contributed by atoms with Crippen molar-refractivity contribution in [1.29, 1.82) is 0 Å². The summed E-state index contributed by atoms with van der Waals surface area (Å²) in [6, 6.07) is 18.1. The molecule has 3 aromatic rings. The number of amides is 1. The monoisotopic (exact) mass is 478 g/mol. The van der Waals surface area contributed by atoms with Crippen LogP contribution in [0.3, 0.4) is 0 Å². The third-order valence-corrected chi connectivity index (χ3v) is 6.43. The Kier molecular flexibility index (Phi) is 7.43. The third-order valence-electron chi connectivity index (χ3n) is 4.27.